The Hall–Kier alpha value is -3.39. The number of morpholine rings is 1. The van der Waals surface area contributed by atoms with Crippen LogP contribution in [-0.2, 0) is 27.5 Å². The van der Waals surface area contributed by atoms with Gasteiger partial charge >= 0.3 is 5.97 Å². The number of carboxylic acid groups (broad SMARTS) is 1. The third-order valence-electron chi connectivity index (χ3n) is 4.83. The zero-order valence-electron chi connectivity index (χ0n) is 15.7. The summed E-state index contributed by atoms with van der Waals surface area (Å²) in [4.78, 5) is 30.2. The number of carbonyl (C=O) groups is 2. The molecule has 150 valence electrons. The highest BCUT2D eigenvalue weighted by molar-refractivity contribution is 5.82. The molecule has 1 saturated heterocycles. The summed E-state index contributed by atoms with van der Waals surface area (Å²) in [5.41, 5.74) is 1.60. The first-order valence-electron chi connectivity index (χ1n) is 9.36. The fourth-order valence-corrected chi connectivity index (χ4v) is 3.34. The van der Waals surface area contributed by atoms with Crippen molar-refractivity contribution < 1.29 is 24.2 Å². The van der Waals surface area contributed by atoms with E-state index in [4.69, 9.17) is 14.6 Å². The van der Waals surface area contributed by atoms with Crippen LogP contribution in [-0.4, -0.2) is 57.2 Å². The molecule has 2 aromatic carbocycles. The molecule has 1 fully saturated rings. The molecule has 4 rings (SSSR count). The van der Waals surface area contributed by atoms with Crippen LogP contribution in [0.1, 0.15) is 5.82 Å². The van der Waals surface area contributed by atoms with Crippen LogP contribution >= 0.6 is 0 Å². The molecule has 0 spiro atoms. The van der Waals surface area contributed by atoms with Crippen molar-refractivity contribution in [1.82, 2.24) is 14.5 Å². The molecule has 1 unspecified atom stereocenters. The van der Waals surface area contributed by atoms with Crippen molar-refractivity contribution in [3.05, 3.63) is 60.4 Å². The molecule has 29 heavy (non-hydrogen) atoms. The van der Waals surface area contributed by atoms with Gasteiger partial charge in [0.2, 0.25) is 5.91 Å². The van der Waals surface area contributed by atoms with Crippen LogP contribution < -0.4 is 4.74 Å². The van der Waals surface area contributed by atoms with E-state index in [-0.39, 0.29) is 32.2 Å². The number of hydrogen-bond acceptors (Lipinski definition) is 5. The number of aromatic nitrogens is 2. The van der Waals surface area contributed by atoms with Gasteiger partial charge in [0.15, 0.2) is 6.10 Å². The predicted octanol–water partition coefficient (Wildman–Crippen LogP) is 1.93. The molecule has 0 saturated carbocycles. The topological polar surface area (TPSA) is 93.9 Å². The first-order valence-corrected chi connectivity index (χ1v) is 9.36. The van der Waals surface area contributed by atoms with Crippen LogP contribution in [0.15, 0.2) is 54.6 Å². The molecule has 2 heterocycles. The summed E-state index contributed by atoms with van der Waals surface area (Å²) in [6, 6.07) is 17.0. The van der Waals surface area contributed by atoms with E-state index < -0.39 is 12.1 Å². The molecule has 0 bridgehead atoms. The smallest absolute Gasteiger partial charge is 0.334 e. The van der Waals surface area contributed by atoms with E-state index >= 15 is 0 Å². The SMILES string of the molecule is O=C(O)C1CN(C(=O)Cn2c(COc3ccccc3)nc3ccccc32)CCO1. The van der Waals surface area contributed by atoms with Crippen LogP contribution in [0.4, 0.5) is 0 Å². The summed E-state index contributed by atoms with van der Waals surface area (Å²) < 4.78 is 12.9. The van der Waals surface area contributed by atoms with Gasteiger partial charge in [0.05, 0.1) is 24.2 Å². The lowest BCUT2D eigenvalue weighted by atomic mass is 10.2. The molecule has 1 N–H and O–H groups in total. The van der Waals surface area contributed by atoms with E-state index in [0.717, 1.165) is 16.8 Å². The molecule has 8 heteroatoms. The number of nitrogens with zero attached hydrogens (tertiary/aromatic N) is 3. The van der Waals surface area contributed by atoms with Crippen LogP contribution in [0.25, 0.3) is 11.0 Å². The van der Waals surface area contributed by atoms with E-state index in [1.165, 1.54) is 4.90 Å². The maximum Gasteiger partial charge on any atom is 0.334 e. The van der Waals surface area contributed by atoms with E-state index in [0.29, 0.717) is 12.4 Å². The van der Waals surface area contributed by atoms with Gasteiger partial charge in [0.1, 0.15) is 24.7 Å². The number of rotatable bonds is 6. The standard InChI is InChI=1S/C21H21N3O5/c25-20(23-10-11-28-18(12-23)21(26)27)13-24-17-9-5-4-8-16(17)22-19(24)14-29-15-6-2-1-3-7-15/h1-9,18H,10-14H2,(H,26,27). The minimum absolute atomic E-state index is 0.0383. The molecule has 1 aliphatic rings. The van der Waals surface area contributed by atoms with Gasteiger partial charge in [-0.05, 0) is 24.3 Å². The number of imidazole rings is 1. The van der Waals surface area contributed by atoms with Crippen molar-refractivity contribution in [2.75, 3.05) is 19.7 Å². The number of fused-ring (bicyclic) bond motifs is 1. The average molecular weight is 395 g/mol. The van der Waals surface area contributed by atoms with Gasteiger partial charge in [-0.3, -0.25) is 4.79 Å². The molecular formula is C21H21N3O5. The molecule has 3 aromatic rings. The van der Waals surface area contributed by atoms with Gasteiger partial charge in [-0.2, -0.15) is 0 Å². The monoisotopic (exact) mass is 395 g/mol. The van der Waals surface area contributed by atoms with Crippen LogP contribution in [0.5, 0.6) is 5.75 Å². The summed E-state index contributed by atoms with van der Waals surface area (Å²) in [6.45, 7) is 0.881. The van der Waals surface area contributed by atoms with Crippen molar-refractivity contribution in [1.29, 1.82) is 0 Å². The van der Waals surface area contributed by atoms with Crippen molar-refractivity contribution in [2.45, 2.75) is 19.3 Å². The number of para-hydroxylation sites is 3. The Morgan fingerprint density at radius 2 is 1.90 bits per heavy atom. The molecule has 0 aliphatic carbocycles. The zero-order valence-corrected chi connectivity index (χ0v) is 15.7. The molecule has 0 radical (unpaired) electrons. The fraction of sp³-hybridized carbons (Fsp3) is 0.286. The highest BCUT2D eigenvalue weighted by Gasteiger charge is 2.29. The van der Waals surface area contributed by atoms with Gasteiger partial charge in [-0.15, -0.1) is 0 Å². The minimum Gasteiger partial charge on any atom is -0.486 e. The molecule has 8 nitrogen and oxygen atoms in total. The number of carboxylic acids is 1. The number of carbonyl (C=O) groups excluding carboxylic acids is 1. The highest BCUT2D eigenvalue weighted by Crippen LogP contribution is 2.19. The quantitative estimate of drug-likeness (QED) is 0.685. The first kappa shape index (κ1) is 18.9. The molecule has 1 aromatic heterocycles. The number of amides is 1. The van der Waals surface area contributed by atoms with Gasteiger partial charge in [-0.25, -0.2) is 9.78 Å². The van der Waals surface area contributed by atoms with E-state index in [2.05, 4.69) is 4.98 Å². The average Bonchev–Trinajstić information content (AvgIpc) is 3.10. The molecule has 1 aliphatic heterocycles. The Balaban J connectivity index is 1.55. The summed E-state index contributed by atoms with van der Waals surface area (Å²) in [7, 11) is 0. The lowest BCUT2D eigenvalue weighted by Gasteiger charge is -2.31. The number of benzene rings is 2. The van der Waals surface area contributed by atoms with Crippen molar-refractivity contribution in [3.8, 4) is 5.75 Å². The number of hydrogen-bond donors (Lipinski definition) is 1. The van der Waals surface area contributed by atoms with Crippen LogP contribution in [0.3, 0.4) is 0 Å². The highest BCUT2D eigenvalue weighted by atomic mass is 16.5. The Labute approximate surface area is 167 Å². The summed E-state index contributed by atoms with van der Waals surface area (Å²) in [5.74, 6) is 0.109. The van der Waals surface area contributed by atoms with Crippen molar-refractivity contribution in [3.63, 3.8) is 0 Å². The predicted molar refractivity (Wildman–Crippen MR) is 104 cm³/mol. The van der Waals surface area contributed by atoms with Crippen LogP contribution in [0, 0.1) is 0 Å². The van der Waals surface area contributed by atoms with E-state index in [1.54, 1.807) is 0 Å². The van der Waals surface area contributed by atoms with Crippen molar-refractivity contribution >= 4 is 22.9 Å². The lowest BCUT2D eigenvalue weighted by molar-refractivity contribution is -0.159. The summed E-state index contributed by atoms with van der Waals surface area (Å²) in [6.07, 6.45) is -0.992. The van der Waals surface area contributed by atoms with Crippen molar-refractivity contribution in [2.24, 2.45) is 0 Å². The summed E-state index contributed by atoms with van der Waals surface area (Å²) >= 11 is 0. The van der Waals surface area contributed by atoms with Gasteiger partial charge < -0.3 is 24.0 Å². The third-order valence-corrected chi connectivity index (χ3v) is 4.83. The Morgan fingerprint density at radius 1 is 1.14 bits per heavy atom. The molecular weight excluding hydrogens is 374 g/mol. The first-order chi connectivity index (χ1) is 14.1. The molecule has 1 atom stereocenters. The van der Waals surface area contributed by atoms with Gasteiger partial charge in [-0.1, -0.05) is 30.3 Å². The van der Waals surface area contributed by atoms with Crippen LogP contribution in [0.2, 0.25) is 0 Å². The van der Waals surface area contributed by atoms with E-state index in [9.17, 15) is 9.59 Å². The largest absolute Gasteiger partial charge is 0.486 e. The maximum absolute atomic E-state index is 12.9. The van der Waals surface area contributed by atoms with Gasteiger partial charge in [0.25, 0.3) is 0 Å². The minimum atomic E-state index is -1.06. The Morgan fingerprint density at radius 3 is 2.69 bits per heavy atom. The second-order valence-corrected chi connectivity index (χ2v) is 6.74. The zero-order chi connectivity index (χ0) is 20.2. The van der Waals surface area contributed by atoms with E-state index in [1.807, 2.05) is 59.2 Å². The second kappa shape index (κ2) is 8.32. The summed E-state index contributed by atoms with van der Waals surface area (Å²) in [5, 5.41) is 9.16. The Bertz CT molecular complexity index is 1020. The second-order valence-electron chi connectivity index (χ2n) is 6.74. The third kappa shape index (κ3) is 4.22. The van der Waals surface area contributed by atoms with Gasteiger partial charge in [0, 0.05) is 6.54 Å². The molecule has 1 amide bonds. The normalized spacial score (nSPS) is 16.7. The fourth-order valence-electron chi connectivity index (χ4n) is 3.34. The number of aliphatic carboxylic acids is 1. The Kier molecular flexibility index (Phi) is 5.44. The number of ether oxygens (including phenoxy) is 2. The maximum atomic E-state index is 12.9. The lowest BCUT2D eigenvalue weighted by Crippen LogP contribution is -2.49.